The minimum atomic E-state index is -0.333. The third-order valence-electron chi connectivity index (χ3n) is 3.56. The van der Waals surface area contributed by atoms with Gasteiger partial charge < -0.3 is 9.80 Å². The minimum absolute atomic E-state index is 0.0471. The van der Waals surface area contributed by atoms with Crippen LogP contribution in [0.3, 0.4) is 0 Å². The van der Waals surface area contributed by atoms with Crippen molar-refractivity contribution in [1.29, 1.82) is 0 Å². The molecule has 170 valence electrons. The van der Waals surface area contributed by atoms with Crippen molar-refractivity contribution in [2.45, 2.75) is 54.9 Å². The van der Waals surface area contributed by atoms with Crippen LogP contribution in [-0.2, 0) is 11.2 Å². The molecular formula is C23H43F2N2OP. The molecule has 0 aliphatic carbocycles. The van der Waals surface area contributed by atoms with Crippen molar-refractivity contribution in [2.24, 2.45) is 0 Å². The van der Waals surface area contributed by atoms with E-state index in [0.717, 1.165) is 5.56 Å². The first kappa shape index (κ1) is 32.5. The van der Waals surface area contributed by atoms with Crippen LogP contribution in [-0.4, -0.2) is 55.4 Å². The van der Waals surface area contributed by atoms with Gasteiger partial charge in [0.05, 0.1) is 5.83 Å². The van der Waals surface area contributed by atoms with Gasteiger partial charge in [-0.2, -0.15) is 0 Å². The molecule has 6 heteroatoms. The molecule has 2 rings (SSSR count). The van der Waals surface area contributed by atoms with Gasteiger partial charge in [0.2, 0.25) is 0 Å². The van der Waals surface area contributed by atoms with Gasteiger partial charge in [-0.05, 0) is 39.1 Å². The molecule has 0 N–H and O–H groups in total. The molecule has 1 aromatic carbocycles. The summed E-state index contributed by atoms with van der Waals surface area (Å²) in [5.41, 5.74) is 0.728. The molecule has 1 aromatic rings. The number of carbonyl (C=O) groups is 1. The van der Waals surface area contributed by atoms with Gasteiger partial charge in [-0.15, -0.1) is 9.24 Å². The van der Waals surface area contributed by atoms with Crippen LogP contribution in [0, 0.1) is 5.82 Å². The van der Waals surface area contributed by atoms with Crippen molar-refractivity contribution in [1.82, 2.24) is 9.80 Å². The van der Waals surface area contributed by atoms with Crippen LogP contribution in [0.1, 0.15) is 54.0 Å². The molecule has 0 bridgehead atoms. The average Bonchev–Trinajstić information content (AvgIpc) is 2.68. The van der Waals surface area contributed by atoms with Gasteiger partial charge in [0.1, 0.15) is 11.6 Å². The fourth-order valence-corrected chi connectivity index (χ4v) is 2.31. The van der Waals surface area contributed by atoms with Gasteiger partial charge in [-0.3, -0.25) is 4.79 Å². The van der Waals surface area contributed by atoms with Crippen molar-refractivity contribution in [2.75, 3.05) is 39.8 Å². The van der Waals surface area contributed by atoms with Crippen molar-refractivity contribution in [3.05, 3.63) is 42.0 Å². The highest BCUT2D eigenvalue weighted by molar-refractivity contribution is 7.27. The number of piperazine rings is 1. The van der Waals surface area contributed by atoms with E-state index in [4.69, 9.17) is 0 Å². The monoisotopic (exact) mass is 432 g/mol. The summed E-state index contributed by atoms with van der Waals surface area (Å²) in [6.07, 6.45) is 0.307. The Hall–Kier alpha value is -1.16. The zero-order valence-corrected chi connectivity index (χ0v) is 21.0. The summed E-state index contributed by atoms with van der Waals surface area (Å²) in [6, 6.07) is 4.80. The van der Waals surface area contributed by atoms with Crippen LogP contribution < -0.4 is 5.30 Å². The van der Waals surface area contributed by atoms with Crippen molar-refractivity contribution < 1.29 is 13.6 Å². The summed E-state index contributed by atoms with van der Waals surface area (Å²) in [6.45, 7) is 22.1. The number of allylic oxidation sites excluding steroid dienone is 1. The largest absolute Gasteiger partial charge is 0.304 e. The first-order chi connectivity index (χ1) is 13.6. The normalized spacial score (nSPS) is 13.1. The molecule has 3 nitrogen and oxygen atoms in total. The van der Waals surface area contributed by atoms with Gasteiger partial charge in [0, 0.05) is 37.9 Å². The third kappa shape index (κ3) is 21.4. The highest BCUT2D eigenvalue weighted by Crippen LogP contribution is 2.05. The molecule has 0 aromatic heterocycles. The highest BCUT2D eigenvalue weighted by Gasteiger charge is 2.10. The predicted octanol–water partition coefficient (Wildman–Crippen LogP) is 5.25. The second kappa shape index (κ2) is 21.5. The fraction of sp³-hybridized carbons (Fsp3) is 0.609. The number of benzene rings is 1. The van der Waals surface area contributed by atoms with Crippen molar-refractivity contribution >= 4 is 20.3 Å². The van der Waals surface area contributed by atoms with Crippen LogP contribution in [0.5, 0.6) is 0 Å². The quantitative estimate of drug-likeness (QED) is 0.609. The molecule has 1 heterocycles. The fourth-order valence-electron chi connectivity index (χ4n) is 2.13. The molecule has 0 amide bonds. The Morgan fingerprint density at radius 1 is 1.10 bits per heavy atom. The van der Waals surface area contributed by atoms with E-state index in [1.165, 1.54) is 52.6 Å². The Kier molecular flexibility index (Phi) is 24.1. The smallest absolute Gasteiger partial charge is 0.134 e. The van der Waals surface area contributed by atoms with Gasteiger partial charge in [0.15, 0.2) is 0 Å². The Labute approximate surface area is 180 Å². The lowest BCUT2D eigenvalue weighted by Crippen LogP contribution is -2.44. The van der Waals surface area contributed by atoms with E-state index in [9.17, 15) is 13.6 Å². The molecular weight excluding hydrogens is 389 g/mol. The zero-order chi connectivity index (χ0) is 23.4. The number of hydrogen-bond donors (Lipinski definition) is 0. The van der Waals surface area contributed by atoms with E-state index in [2.05, 4.69) is 39.6 Å². The maximum atomic E-state index is 12.9. The average molecular weight is 433 g/mol. The zero-order valence-electron chi connectivity index (χ0n) is 19.8. The number of Topliss-reactive ketones (excluding diaryl/α,β-unsaturated/α-hetero) is 1. The summed E-state index contributed by atoms with van der Waals surface area (Å²) in [7, 11) is 4.48. The van der Waals surface area contributed by atoms with Gasteiger partial charge >= 0.3 is 0 Å². The number of likely N-dealkylation sites (N-methyl/N-ethyl adjacent to an activating group) is 2. The number of rotatable bonds is 3. The van der Waals surface area contributed by atoms with E-state index in [1.54, 1.807) is 12.1 Å². The molecule has 0 spiro atoms. The molecule has 1 saturated heterocycles. The molecule has 0 radical (unpaired) electrons. The second-order valence-corrected chi connectivity index (χ2v) is 6.77. The molecule has 1 unspecified atom stereocenters. The number of ketones is 1. The van der Waals surface area contributed by atoms with Crippen LogP contribution in [0.25, 0.3) is 0 Å². The minimum Gasteiger partial charge on any atom is -0.304 e. The van der Waals surface area contributed by atoms with E-state index >= 15 is 0 Å². The SMILES string of the molecule is C=C(C)F.CC.CC.CC(=O)Cc1ccc(P)c(F)c1.CCN1CCN(C)CC1. The van der Waals surface area contributed by atoms with Crippen LogP contribution >= 0.6 is 9.24 Å². The summed E-state index contributed by atoms with van der Waals surface area (Å²) >= 11 is 0. The first-order valence-corrected chi connectivity index (χ1v) is 11.0. The number of nitrogens with zero attached hydrogens (tertiary/aromatic N) is 2. The first-order valence-electron chi connectivity index (χ1n) is 10.4. The second-order valence-electron chi connectivity index (χ2n) is 6.15. The molecule has 1 fully saturated rings. The lowest BCUT2D eigenvalue weighted by molar-refractivity contribution is -0.116. The standard InChI is InChI=1S/C9H10FOP.C7H16N2.C3H5F.2C2H6/c1-6(11)4-7-2-3-9(12)8(10)5-7;1-3-9-6-4-8(2)5-7-9;1-3(2)4;2*1-2/h2-3,5H,4,12H2,1H3;3-7H2,1-2H3;1H2,2H3;2*1-2H3. The summed E-state index contributed by atoms with van der Waals surface area (Å²) in [5.74, 6) is -0.565. The van der Waals surface area contributed by atoms with Gasteiger partial charge in [-0.25, -0.2) is 8.78 Å². The van der Waals surface area contributed by atoms with E-state index in [-0.39, 0.29) is 17.4 Å². The summed E-state index contributed by atoms with van der Waals surface area (Å²) in [5, 5.41) is 0.530. The summed E-state index contributed by atoms with van der Waals surface area (Å²) in [4.78, 5) is 15.5. The third-order valence-corrected chi connectivity index (χ3v) is 4.03. The maximum absolute atomic E-state index is 12.9. The molecule has 1 aliphatic rings. The van der Waals surface area contributed by atoms with Crippen LogP contribution in [0.2, 0.25) is 0 Å². The van der Waals surface area contributed by atoms with Crippen LogP contribution in [0.4, 0.5) is 8.78 Å². The maximum Gasteiger partial charge on any atom is 0.134 e. The Morgan fingerprint density at radius 2 is 1.55 bits per heavy atom. The van der Waals surface area contributed by atoms with Crippen LogP contribution in [0.15, 0.2) is 30.6 Å². The molecule has 1 atom stereocenters. The van der Waals surface area contributed by atoms with E-state index < -0.39 is 0 Å². The molecule has 29 heavy (non-hydrogen) atoms. The predicted molar refractivity (Wildman–Crippen MR) is 128 cm³/mol. The van der Waals surface area contributed by atoms with Crippen molar-refractivity contribution in [3.8, 4) is 0 Å². The summed E-state index contributed by atoms with van der Waals surface area (Å²) < 4.78 is 23.7. The molecule has 1 aliphatic heterocycles. The van der Waals surface area contributed by atoms with Gasteiger partial charge in [-0.1, -0.05) is 53.3 Å². The Morgan fingerprint density at radius 3 is 1.90 bits per heavy atom. The lowest BCUT2D eigenvalue weighted by Gasteiger charge is -2.31. The topological polar surface area (TPSA) is 23.6 Å². The Bertz CT molecular complexity index is 542. The van der Waals surface area contributed by atoms with Gasteiger partial charge in [0.25, 0.3) is 0 Å². The lowest BCUT2D eigenvalue weighted by atomic mass is 10.1. The number of halogens is 2. The van der Waals surface area contributed by atoms with Crippen molar-refractivity contribution in [3.63, 3.8) is 0 Å². The Balaban J connectivity index is -0.000000351. The van der Waals surface area contributed by atoms with E-state index in [1.807, 2.05) is 27.7 Å². The number of hydrogen-bond acceptors (Lipinski definition) is 3. The highest BCUT2D eigenvalue weighted by atomic mass is 31.0. The number of carbonyl (C=O) groups excluding carboxylic acids is 1. The molecule has 0 saturated carbocycles. The van der Waals surface area contributed by atoms with E-state index in [0.29, 0.717) is 11.7 Å².